The van der Waals surface area contributed by atoms with Gasteiger partial charge in [0, 0.05) is 43.7 Å². The van der Waals surface area contributed by atoms with Gasteiger partial charge in [-0.1, -0.05) is 33.8 Å². The fraction of sp³-hybridized carbons (Fsp3) is 0.857. The number of rotatable bonds is 11. The highest BCUT2D eigenvalue weighted by Gasteiger charge is 2.76. The molecule has 2 bridgehead atoms. The summed E-state index contributed by atoms with van der Waals surface area (Å²) < 4.78 is 17.8. The topological polar surface area (TPSA) is 57.2 Å². The average Bonchev–Trinajstić information content (AvgIpc) is 3.14. The van der Waals surface area contributed by atoms with E-state index in [1.54, 1.807) is 6.08 Å². The van der Waals surface area contributed by atoms with Crippen LogP contribution < -0.4 is 0 Å². The minimum atomic E-state index is -0.854. The Hall–Kier alpha value is -0.600. The van der Waals surface area contributed by atoms with E-state index in [1.807, 2.05) is 5.06 Å². The second-order valence-electron chi connectivity index (χ2n) is 8.88. The van der Waals surface area contributed by atoms with Gasteiger partial charge < -0.3 is 9.47 Å². The Morgan fingerprint density at radius 1 is 1.32 bits per heavy atom. The summed E-state index contributed by atoms with van der Waals surface area (Å²) in [5, 5.41) is 1.85. The third kappa shape index (κ3) is 3.54. The van der Waals surface area contributed by atoms with Crippen molar-refractivity contribution in [2.24, 2.45) is 16.7 Å². The van der Waals surface area contributed by atoms with Crippen molar-refractivity contribution in [1.82, 2.24) is 5.06 Å². The minimum absolute atomic E-state index is 0.000761. The standard InChI is InChI=1S/C21H35NO5S/c1-6-9-17-18(23)25-21(24-17)14-16-10-11-20(21,19(16,4)5)15-28-27-26-22(12-7-2)13-8-3/h6,16-17H,1,7-15H2,2-5H3/t16?,17-,20?,21?/m1/s1. The Morgan fingerprint density at radius 2 is 2.04 bits per heavy atom. The number of carbonyl (C=O) groups is 1. The first-order chi connectivity index (χ1) is 13.4. The van der Waals surface area contributed by atoms with Crippen molar-refractivity contribution in [1.29, 1.82) is 0 Å². The van der Waals surface area contributed by atoms with Gasteiger partial charge in [-0.25, -0.2) is 4.79 Å². The second-order valence-corrected chi connectivity index (χ2v) is 9.54. The van der Waals surface area contributed by atoms with Gasteiger partial charge in [-0.15, -0.1) is 15.9 Å². The third-order valence-corrected chi connectivity index (χ3v) is 7.86. The molecule has 0 aromatic carbocycles. The number of ether oxygens (including phenoxy) is 2. The largest absolute Gasteiger partial charge is 0.430 e. The summed E-state index contributed by atoms with van der Waals surface area (Å²) in [4.78, 5) is 18.0. The molecule has 3 unspecified atom stereocenters. The van der Waals surface area contributed by atoms with Gasteiger partial charge in [0.15, 0.2) is 6.10 Å². The molecule has 4 atom stereocenters. The molecule has 1 heterocycles. The van der Waals surface area contributed by atoms with Crippen LogP contribution in [0.4, 0.5) is 0 Å². The van der Waals surface area contributed by atoms with Gasteiger partial charge in [0.2, 0.25) is 5.79 Å². The third-order valence-electron chi connectivity index (χ3n) is 7.09. The molecule has 0 N–H and O–H groups in total. The number of hydroxylamine groups is 2. The highest BCUT2D eigenvalue weighted by molar-refractivity contribution is 7.94. The van der Waals surface area contributed by atoms with E-state index >= 15 is 0 Å². The Morgan fingerprint density at radius 3 is 2.64 bits per heavy atom. The summed E-state index contributed by atoms with van der Waals surface area (Å²) in [6, 6.07) is 0. The van der Waals surface area contributed by atoms with Crippen LogP contribution in [0.3, 0.4) is 0 Å². The summed E-state index contributed by atoms with van der Waals surface area (Å²) in [7, 11) is 0. The van der Waals surface area contributed by atoms with Crippen molar-refractivity contribution in [2.75, 3.05) is 18.8 Å². The maximum absolute atomic E-state index is 12.5. The zero-order valence-electron chi connectivity index (χ0n) is 17.7. The highest BCUT2D eigenvalue weighted by Crippen LogP contribution is 2.73. The van der Waals surface area contributed by atoms with Gasteiger partial charge in [-0.2, -0.15) is 5.06 Å². The van der Waals surface area contributed by atoms with E-state index in [4.69, 9.17) is 18.8 Å². The molecule has 0 aromatic heterocycles. The predicted molar refractivity (Wildman–Crippen MR) is 109 cm³/mol. The number of nitrogens with zero attached hydrogens (tertiary/aromatic N) is 1. The van der Waals surface area contributed by atoms with E-state index in [-0.39, 0.29) is 16.8 Å². The minimum Gasteiger partial charge on any atom is -0.430 e. The average molecular weight is 414 g/mol. The summed E-state index contributed by atoms with van der Waals surface area (Å²) in [6.07, 6.45) is 6.52. The van der Waals surface area contributed by atoms with Crippen LogP contribution in [-0.2, 0) is 23.6 Å². The van der Waals surface area contributed by atoms with Crippen LogP contribution in [0.15, 0.2) is 12.7 Å². The van der Waals surface area contributed by atoms with Crippen LogP contribution in [0, 0.1) is 16.7 Å². The number of fused-ring (bicyclic) bond motifs is 3. The Bertz CT molecular complexity index is 579. The quantitative estimate of drug-likeness (QED) is 0.122. The zero-order valence-corrected chi connectivity index (χ0v) is 18.5. The number of hydrogen-bond donors (Lipinski definition) is 0. The van der Waals surface area contributed by atoms with Gasteiger partial charge in [0.1, 0.15) is 0 Å². The predicted octanol–water partition coefficient (Wildman–Crippen LogP) is 4.66. The molecule has 28 heavy (non-hydrogen) atoms. The Kier molecular flexibility index (Phi) is 6.82. The molecule has 2 aliphatic carbocycles. The van der Waals surface area contributed by atoms with E-state index < -0.39 is 11.9 Å². The molecule has 1 aliphatic heterocycles. The summed E-state index contributed by atoms with van der Waals surface area (Å²) in [5.41, 5.74) is -0.288. The molecular weight excluding hydrogens is 378 g/mol. The van der Waals surface area contributed by atoms with Crippen molar-refractivity contribution < 1.29 is 23.6 Å². The van der Waals surface area contributed by atoms with E-state index in [1.165, 1.54) is 12.0 Å². The molecular formula is C21H35NO5S. The van der Waals surface area contributed by atoms with Gasteiger partial charge in [-0.05, 0) is 37.0 Å². The van der Waals surface area contributed by atoms with Gasteiger partial charge in [0.05, 0.1) is 5.41 Å². The lowest BCUT2D eigenvalue weighted by Gasteiger charge is -2.45. The molecule has 7 heteroatoms. The first kappa shape index (κ1) is 22.1. The molecule has 0 aromatic rings. The Balaban J connectivity index is 1.69. The smallest absolute Gasteiger partial charge is 0.338 e. The Labute approximate surface area is 173 Å². The normalized spacial score (nSPS) is 35.8. The van der Waals surface area contributed by atoms with Crippen LogP contribution in [0.25, 0.3) is 0 Å². The maximum Gasteiger partial charge on any atom is 0.338 e. The van der Waals surface area contributed by atoms with E-state index in [9.17, 15) is 4.79 Å². The zero-order chi connectivity index (χ0) is 20.4. The fourth-order valence-electron chi connectivity index (χ4n) is 5.42. The molecule has 0 amide bonds. The second kappa shape index (κ2) is 8.64. The first-order valence-electron chi connectivity index (χ1n) is 10.6. The number of esters is 1. The summed E-state index contributed by atoms with van der Waals surface area (Å²) in [6.45, 7) is 14.2. The molecule has 3 rings (SSSR count). The molecule has 3 fully saturated rings. The van der Waals surface area contributed by atoms with Crippen molar-refractivity contribution in [3.63, 3.8) is 0 Å². The van der Waals surface area contributed by atoms with Crippen molar-refractivity contribution in [3.05, 3.63) is 12.7 Å². The molecule has 160 valence electrons. The van der Waals surface area contributed by atoms with Crippen molar-refractivity contribution in [2.45, 2.75) is 78.1 Å². The number of carbonyl (C=O) groups excluding carboxylic acids is 1. The van der Waals surface area contributed by atoms with Crippen LogP contribution in [0.1, 0.15) is 66.2 Å². The van der Waals surface area contributed by atoms with Crippen molar-refractivity contribution >= 4 is 18.0 Å². The van der Waals surface area contributed by atoms with Crippen molar-refractivity contribution in [3.8, 4) is 0 Å². The highest BCUT2D eigenvalue weighted by atomic mass is 32.2. The maximum atomic E-state index is 12.5. The van der Waals surface area contributed by atoms with E-state index in [0.29, 0.717) is 18.1 Å². The molecule has 2 saturated carbocycles. The fourth-order valence-corrected chi connectivity index (χ4v) is 6.54. The van der Waals surface area contributed by atoms with Gasteiger partial charge in [-0.3, -0.25) is 0 Å². The van der Waals surface area contributed by atoms with E-state index in [0.717, 1.165) is 45.2 Å². The van der Waals surface area contributed by atoms with Crippen LogP contribution >= 0.6 is 12.0 Å². The molecule has 1 spiro atoms. The van der Waals surface area contributed by atoms with E-state index in [2.05, 4.69) is 34.3 Å². The van der Waals surface area contributed by atoms with Crippen LogP contribution in [-0.4, -0.2) is 41.8 Å². The lowest BCUT2D eigenvalue weighted by molar-refractivity contribution is -0.360. The first-order valence-corrected chi connectivity index (χ1v) is 11.5. The van der Waals surface area contributed by atoms with Crippen LogP contribution in [0.5, 0.6) is 0 Å². The molecule has 0 radical (unpaired) electrons. The van der Waals surface area contributed by atoms with Gasteiger partial charge >= 0.3 is 5.97 Å². The summed E-state index contributed by atoms with van der Waals surface area (Å²) >= 11 is 1.30. The lowest BCUT2D eigenvalue weighted by atomic mass is 9.68. The molecule has 1 saturated heterocycles. The lowest BCUT2D eigenvalue weighted by Crippen LogP contribution is -2.52. The molecule has 6 nitrogen and oxygen atoms in total. The monoisotopic (exact) mass is 413 g/mol. The molecule has 3 aliphatic rings. The SMILES string of the molecule is C=CC[C@H]1OC2(CC3CCC2(CSOON(CCC)CCC)C3(C)C)OC1=O. The number of hydrogen-bond acceptors (Lipinski definition) is 7. The van der Waals surface area contributed by atoms with Gasteiger partial charge in [0.25, 0.3) is 0 Å². The summed E-state index contributed by atoms with van der Waals surface area (Å²) in [5.74, 6) is 0.0202. The van der Waals surface area contributed by atoms with Crippen LogP contribution in [0.2, 0.25) is 0 Å².